The number of amides is 1. The van der Waals surface area contributed by atoms with Crippen LogP contribution in [0.2, 0.25) is 0 Å². The van der Waals surface area contributed by atoms with Crippen molar-refractivity contribution in [3.05, 3.63) is 12.2 Å². The Morgan fingerprint density at radius 1 is 1.75 bits per heavy atom. The minimum Gasteiger partial charge on any atom is -0.446 e. The Morgan fingerprint density at radius 3 is 3.25 bits per heavy atom. The Kier molecular flexibility index (Phi) is 1.43. The van der Waals surface area contributed by atoms with Crippen molar-refractivity contribution in [1.29, 1.82) is 0 Å². The first kappa shape index (κ1) is 7.34. The van der Waals surface area contributed by atoms with E-state index in [1.54, 1.807) is 11.9 Å². The van der Waals surface area contributed by atoms with Gasteiger partial charge in [-0.3, -0.25) is 9.69 Å². The van der Waals surface area contributed by atoms with E-state index >= 15 is 0 Å². The summed E-state index contributed by atoms with van der Waals surface area (Å²) in [5, 5.41) is 0. The van der Waals surface area contributed by atoms with Gasteiger partial charge in [0.2, 0.25) is 5.91 Å². The molecule has 0 fully saturated rings. The maximum Gasteiger partial charge on any atom is 0.231 e. The predicted octanol–water partition coefficient (Wildman–Crippen LogP) is 0.830. The number of carbonyl (C=O) groups is 1. The fourth-order valence-corrected chi connectivity index (χ4v) is 1.48. The molecule has 1 aliphatic rings. The summed E-state index contributed by atoms with van der Waals surface area (Å²) in [6.07, 6.45) is 2.05. The van der Waals surface area contributed by atoms with E-state index in [0.717, 1.165) is 5.76 Å². The molecule has 1 aromatic heterocycles. The normalized spacial score (nSPS) is 22.7. The molecule has 0 saturated carbocycles. The first-order valence-electron chi connectivity index (χ1n) is 3.90. The third-order valence-corrected chi connectivity index (χ3v) is 2.18. The fourth-order valence-electron chi connectivity index (χ4n) is 1.48. The van der Waals surface area contributed by atoms with Gasteiger partial charge in [-0.25, -0.2) is 0 Å². The standard InChI is InChI=1S/C8H10N2O2/c1-5-3-6-7(9-4-12-6)10(2)8(5)11/h4-5H,3H2,1-2H3. The van der Waals surface area contributed by atoms with E-state index in [1.165, 1.54) is 6.39 Å². The average molecular weight is 166 g/mol. The highest BCUT2D eigenvalue weighted by Crippen LogP contribution is 2.27. The molecule has 1 atom stereocenters. The second kappa shape index (κ2) is 2.33. The summed E-state index contributed by atoms with van der Waals surface area (Å²) in [4.78, 5) is 16.9. The van der Waals surface area contributed by atoms with Crippen LogP contribution in [-0.4, -0.2) is 17.9 Å². The molecule has 0 aliphatic carbocycles. The zero-order chi connectivity index (χ0) is 8.72. The molecule has 4 heteroatoms. The fraction of sp³-hybridized carbons (Fsp3) is 0.500. The molecular formula is C8H10N2O2. The molecule has 0 bridgehead atoms. The van der Waals surface area contributed by atoms with Gasteiger partial charge in [0.15, 0.2) is 12.2 Å². The minimum absolute atomic E-state index is 0.00968. The number of fused-ring (bicyclic) bond motifs is 1. The molecule has 1 amide bonds. The van der Waals surface area contributed by atoms with Crippen molar-refractivity contribution >= 4 is 11.7 Å². The maximum atomic E-state index is 11.4. The molecule has 0 N–H and O–H groups in total. The molecule has 4 nitrogen and oxygen atoms in total. The van der Waals surface area contributed by atoms with E-state index in [0.29, 0.717) is 12.2 Å². The van der Waals surface area contributed by atoms with Crippen LogP contribution in [0.1, 0.15) is 12.7 Å². The van der Waals surface area contributed by atoms with E-state index in [-0.39, 0.29) is 11.8 Å². The summed E-state index contributed by atoms with van der Waals surface area (Å²) >= 11 is 0. The Labute approximate surface area is 70.2 Å². The van der Waals surface area contributed by atoms with Gasteiger partial charge in [-0.1, -0.05) is 6.92 Å². The van der Waals surface area contributed by atoms with Crippen LogP contribution < -0.4 is 4.90 Å². The molecule has 1 unspecified atom stereocenters. The molecule has 0 aromatic carbocycles. The molecule has 2 rings (SSSR count). The topological polar surface area (TPSA) is 46.3 Å². The lowest BCUT2D eigenvalue weighted by atomic mass is 10.0. The van der Waals surface area contributed by atoms with Crippen LogP contribution in [0.15, 0.2) is 10.8 Å². The highest BCUT2D eigenvalue weighted by atomic mass is 16.3. The average Bonchev–Trinajstić information content (AvgIpc) is 2.48. The first-order chi connectivity index (χ1) is 5.70. The summed E-state index contributed by atoms with van der Waals surface area (Å²) in [7, 11) is 1.72. The van der Waals surface area contributed by atoms with E-state index in [9.17, 15) is 4.79 Å². The van der Waals surface area contributed by atoms with E-state index in [1.807, 2.05) is 6.92 Å². The number of carbonyl (C=O) groups excluding carboxylic acids is 1. The Morgan fingerprint density at radius 2 is 2.50 bits per heavy atom. The van der Waals surface area contributed by atoms with E-state index in [2.05, 4.69) is 4.98 Å². The van der Waals surface area contributed by atoms with Gasteiger partial charge >= 0.3 is 0 Å². The second-order valence-electron chi connectivity index (χ2n) is 3.10. The van der Waals surface area contributed by atoms with Gasteiger partial charge in [0.25, 0.3) is 0 Å². The minimum atomic E-state index is 0.00968. The van der Waals surface area contributed by atoms with Crippen LogP contribution >= 0.6 is 0 Å². The molecule has 64 valence electrons. The lowest BCUT2D eigenvalue weighted by Gasteiger charge is -2.24. The van der Waals surface area contributed by atoms with Crippen molar-refractivity contribution in [2.75, 3.05) is 11.9 Å². The molecule has 12 heavy (non-hydrogen) atoms. The highest BCUT2D eigenvalue weighted by molar-refractivity contribution is 5.95. The van der Waals surface area contributed by atoms with Crippen molar-refractivity contribution in [3.63, 3.8) is 0 Å². The van der Waals surface area contributed by atoms with Crippen molar-refractivity contribution < 1.29 is 9.21 Å². The highest BCUT2D eigenvalue weighted by Gasteiger charge is 2.30. The van der Waals surface area contributed by atoms with Gasteiger partial charge < -0.3 is 4.42 Å². The maximum absolute atomic E-state index is 11.4. The van der Waals surface area contributed by atoms with Crippen LogP contribution in [0.3, 0.4) is 0 Å². The lowest BCUT2D eigenvalue weighted by molar-refractivity contribution is -0.122. The van der Waals surface area contributed by atoms with Crippen molar-refractivity contribution in [2.45, 2.75) is 13.3 Å². The van der Waals surface area contributed by atoms with Crippen LogP contribution in [0.5, 0.6) is 0 Å². The van der Waals surface area contributed by atoms with Gasteiger partial charge in [0.1, 0.15) is 5.76 Å². The lowest BCUT2D eigenvalue weighted by Crippen LogP contribution is -2.37. The van der Waals surface area contributed by atoms with Crippen molar-refractivity contribution in [1.82, 2.24) is 4.98 Å². The molecule has 0 radical (unpaired) electrons. The number of anilines is 1. The Hall–Kier alpha value is -1.32. The molecule has 0 saturated heterocycles. The molecule has 1 aromatic rings. The number of nitrogens with zero attached hydrogens (tertiary/aromatic N) is 2. The summed E-state index contributed by atoms with van der Waals surface area (Å²) < 4.78 is 5.14. The van der Waals surface area contributed by atoms with Gasteiger partial charge in [-0.15, -0.1) is 0 Å². The number of rotatable bonds is 0. The molecule has 2 heterocycles. The summed E-state index contributed by atoms with van der Waals surface area (Å²) in [5.74, 6) is 1.59. The third-order valence-electron chi connectivity index (χ3n) is 2.18. The van der Waals surface area contributed by atoms with Crippen molar-refractivity contribution in [3.8, 4) is 0 Å². The summed E-state index contributed by atoms with van der Waals surface area (Å²) in [5.41, 5.74) is 0. The van der Waals surface area contributed by atoms with E-state index < -0.39 is 0 Å². The predicted molar refractivity (Wildman–Crippen MR) is 42.8 cm³/mol. The summed E-state index contributed by atoms with van der Waals surface area (Å²) in [6, 6.07) is 0. The Bertz CT molecular complexity index is 319. The quantitative estimate of drug-likeness (QED) is 0.573. The number of aromatic nitrogens is 1. The number of hydrogen-bond acceptors (Lipinski definition) is 3. The van der Waals surface area contributed by atoms with Gasteiger partial charge in [-0.05, 0) is 0 Å². The molecule has 0 spiro atoms. The zero-order valence-corrected chi connectivity index (χ0v) is 7.07. The third kappa shape index (κ3) is 0.841. The second-order valence-corrected chi connectivity index (χ2v) is 3.10. The molecular weight excluding hydrogens is 156 g/mol. The first-order valence-corrected chi connectivity index (χ1v) is 3.90. The largest absolute Gasteiger partial charge is 0.446 e. The van der Waals surface area contributed by atoms with Gasteiger partial charge in [0, 0.05) is 19.4 Å². The van der Waals surface area contributed by atoms with E-state index in [4.69, 9.17) is 4.42 Å². The van der Waals surface area contributed by atoms with Gasteiger partial charge in [0.05, 0.1) is 0 Å². The summed E-state index contributed by atoms with van der Waals surface area (Å²) in [6.45, 7) is 1.89. The van der Waals surface area contributed by atoms with Crippen LogP contribution in [0, 0.1) is 5.92 Å². The smallest absolute Gasteiger partial charge is 0.231 e. The zero-order valence-electron chi connectivity index (χ0n) is 7.07. The Balaban J connectivity index is 2.45. The molecule has 1 aliphatic heterocycles. The van der Waals surface area contributed by atoms with Crippen LogP contribution in [-0.2, 0) is 11.2 Å². The number of oxazole rings is 1. The van der Waals surface area contributed by atoms with Crippen LogP contribution in [0.25, 0.3) is 0 Å². The van der Waals surface area contributed by atoms with Gasteiger partial charge in [-0.2, -0.15) is 4.98 Å². The SMILES string of the molecule is CC1Cc2ocnc2N(C)C1=O. The number of hydrogen-bond donors (Lipinski definition) is 0. The van der Waals surface area contributed by atoms with Crippen LogP contribution in [0.4, 0.5) is 5.82 Å². The van der Waals surface area contributed by atoms with Crippen molar-refractivity contribution in [2.24, 2.45) is 5.92 Å². The monoisotopic (exact) mass is 166 g/mol.